The van der Waals surface area contributed by atoms with Gasteiger partial charge in [-0.1, -0.05) is 18.2 Å². The van der Waals surface area contributed by atoms with Crippen molar-refractivity contribution in [2.24, 2.45) is 0 Å². The molecule has 3 amide bonds. The maximum atomic E-state index is 13.0. The topological polar surface area (TPSA) is 92.3 Å². The molecule has 0 atom stereocenters. The first-order valence-electron chi connectivity index (χ1n) is 11.3. The summed E-state index contributed by atoms with van der Waals surface area (Å²) < 4.78 is 0. The van der Waals surface area contributed by atoms with E-state index in [0.717, 1.165) is 27.3 Å². The van der Waals surface area contributed by atoms with E-state index in [0.29, 0.717) is 27.5 Å². The van der Waals surface area contributed by atoms with Gasteiger partial charge in [-0.25, -0.2) is 14.9 Å². The summed E-state index contributed by atoms with van der Waals surface area (Å²) in [5.74, 6) is -0.268. The quantitative estimate of drug-likeness (QED) is 0.284. The van der Waals surface area contributed by atoms with Crippen LogP contribution in [0.5, 0.6) is 0 Å². The van der Waals surface area contributed by atoms with Gasteiger partial charge in [0, 0.05) is 23.8 Å². The molecule has 2 aromatic heterocycles. The summed E-state index contributed by atoms with van der Waals surface area (Å²) in [7, 11) is 0. The zero-order valence-electron chi connectivity index (χ0n) is 19.7. The van der Waals surface area contributed by atoms with Gasteiger partial charge in [-0.2, -0.15) is 0 Å². The van der Waals surface area contributed by atoms with Crippen LogP contribution in [-0.2, 0) is 5.75 Å². The molecule has 8 heteroatoms. The van der Waals surface area contributed by atoms with E-state index < -0.39 is 0 Å². The molecule has 5 rings (SSSR count). The molecule has 1 N–H and O–H groups in total. The third-order valence-electron chi connectivity index (χ3n) is 5.70. The van der Waals surface area contributed by atoms with Crippen molar-refractivity contribution in [3.8, 4) is 0 Å². The van der Waals surface area contributed by atoms with Crippen molar-refractivity contribution in [1.29, 1.82) is 0 Å². The number of carbonyl (C=O) groups is 3. The van der Waals surface area contributed by atoms with Gasteiger partial charge in [0.05, 0.1) is 16.7 Å². The molecule has 0 spiro atoms. The molecule has 1 aliphatic rings. The Kier molecular flexibility index (Phi) is 6.35. The molecule has 0 bridgehead atoms. The van der Waals surface area contributed by atoms with Crippen molar-refractivity contribution >= 4 is 41.0 Å². The van der Waals surface area contributed by atoms with Crippen molar-refractivity contribution in [2.75, 3.05) is 10.2 Å². The Morgan fingerprint density at radius 2 is 1.56 bits per heavy atom. The van der Waals surface area contributed by atoms with Crippen molar-refractivity contribution in [3.63, 3.8) is 0 Å². The van der Waals surface area contributed by atoms with Gasteiger partial charge in [0.25, 0.3) is 17.7 Å². The van der Waals surface area contributed by atoms with Crippen LogP contribution in [0.4, 0.5) is 11.5 Å². The molecule has 178 valence electrons. The molecule has 3 heterocycles. The average Bonchev–Trinajstić information content (AvgIpc) is 3.12. The molecule has 1 aliphatic heterocycles. The van der Waals surface area contributed by atoms with Gasteiger partial charge < -0.3 is 5.32 Å². The predicted octanol–water partition coefficient (Wildman–Crippen LogP) is 5.44. The van der Waals surface area contributed by atoms with Crippen LogP contribution in [0.2, 0.25) is 0 Å². The maximum absolute atomic E-state index is 13.0. The van der Waals surface area contributed by atoms with Crippen LogP contribution in [0.25, 0.3) is 0 Å². The molecule has 4 aromatic rings. The van der Waals surface area contributed by atoms with Gasteiger partial charge in [0.15, 0.2) is 0 Å². The van der Waals surface area contributed by atoms with E-state index in [4.69, 9.17) is 0 Å². The number of nitrogens with zero attached hydrogens (tertiary/aromatic N) is 3. The van der Waals surface area contributed by atoms with Gasteiger partial charge in [-0.05, 0) is 79.1 Å². The molecule has 36 heavy (non-hydrogen) atoms. The highest BCUT2D eigenvalue weighted by atomic mass is 32.2. The first kappa shape index (κ1) is 23.4. The molecule has 0 saturated heterocycles. The van der Waals surface area contributed by atoms with E-state index in [-0.39, 0.29) is 23.5 Å². The molecule has 7 nitrogen and oxygen atoms in total. The minimum atomic E-state index is -0.386. The SMILES string of the molecule is Cc1cc(C)cc(NC(=O)c2cccnc2SCc2ccnc(N3C(=O)c4ccccc4C3=O)c2)c1. The van der Waals surface area contributed by atoms with Crippen LogP contribution in [0.15, 0.2) is 84.1 Å². The monoisotopic (exact) mass is 494 g/mol. The first-order chi connectivity index (χ1) is 17.4. The van der Waals surface area contributed by atoms with E-state index in [1.54, 1.807) is 54.9 Å². The summed E-state index contributed by atoms with van der Waals surface area (Å²) in [6.07, 6.45) is 3.22. The number of aryl methyl sites for hydroxylation is 2. The van der Waals surface area contributed by atoms with Crippen LogP contribution in [-0.4, -0.2) is 27.7 Å². The molecule has 0 unspecified atom stereocenters. The van der Waals surface area contributed by atoms with Gasteiger partial charge in [0.1, 0.15) is 10.8 Å². The molecule has 2 aromatic carbocycles. The fourth-order valence-corrected chi connectivity index (χ4v) is 5.08. The van der Waals surface area contributed by atoms with Crippen LogP contribution in [0.3, 0.4) is 0 Å². The minimum absolute atomic E-state index is 0.239. The summed E-state index contributed by atoms with van der Waals surface area (Å²) in [5, 5.41) is 3.54. The van der Waals surface area contributed by atoms with E-state index >= 15 is 0 Å². The van der Waals surface area contributed by atoms with E-state index in [2.05, 4.69) is 15.3 Å². The number of benzene rings is 2. The van der Waals surface area contributed by atoms with Crippen LogP contribution in [0.1, 0.15) is 47.8 Å². The van der Waals surface area contributed by atoms with E-state index in [1.165, 1.54) is 11.8 Å². The second-order valence-electron chi connectivity index (χ2n) is 8.49. The third-order valence-corrected chi connectivity index (χ3v) is 6.78. The number of aromatic nitrogens is 2. The van der Waals surface area contributed by atoms with Crippen molar-refractivity contribution < 1.29 is 14.4 Å². The number of nitrogens with one attached hydrogen (secondary N) is 1. The number of rotatable bonds is 6. The highest BCUT2D eigenvalue weighted by Gasteiger charge is 2.37. The maximum Gasteiger partial charge on any atom is 0.267 e. The lowest BCUT2D eigenvalue weighted by Gasteiger charge is -2.14. The Morgan fingerprint density at radius 3 is 2.25 bits per heavy atom. The second-order valence-corrected chi connectivity index (χ2v) is 9.45. The number of anilines is 2. The molecular weight excluding hydrogens is 472 g/mol. The van der Waals surface area contributed by atoms with E-state index in [9.17, 15) is 14.4 Å². The second kappa shape index (κ2) is 9.75. The van der Waals surface area contributed by atoms with Gasteiger partial charge in [0.2, 0.25) is 0 Å². The summed E-state index contributed by atoms with van der Waals surface area (Å²) >= 11 is 1.40. The molecule has 0 aliphatic carbocycles. The van der Waals surface area contributed by atoms with Crippen LogP contribution in [0, 0.1) is 13.8 Å². The van der Waals surface area contributed by atoms with Gasteiger partial charge in [-0.3, -0.25) is 14.4 Å². The van der Waals surface area contributed by atoms with Crippen LogP contribution >= 0.6 is 11.8 Å². The summed E-state index contributed by atoms with van der Waals surface area (Å²) in [5.41, 5.74) is 4.92. The third kappa shape index (κ3) is 4.63. The predicted molar refractivity (Wildman–Crippen MR) is 139 cm³/mol. The molecule has 0 saturated carbocycles. The number of amides is 3. The fraction of sp³-hybridized carbons (Fsp3) is 0.107. The number of carbonyl (C=O) groups excluding carboxylic acids is 3. The Labute approximate surface area is 212 Å². The summed E-state index contributed by atoms with van der Waals surface area (Å²) in [6.45, 7) is 3.97. The lowest BCUT2D eigenvalue weighted by Crippen LogP contribution is -2.30. The molecule has 0 fully saturated rings. The van der Waals surface area contributed by atoms with Crippen molar-refractivity contribution in [2.45, 2.75) is 24.6 Å². The Morgan fingerprint density at radius 1 is 0.861 bits per heavy atom. The zero-order valence-corrected chi connectivity index (χ0v) is 20.5. The number of pyridine rings is 2. The molecular formula is C28H22N4O3S. The largest absolute Gasteiger partial charge is 0.322 e. The van der Waals surface area contributed by atoms with Gasteiger partial charge >= 0.3 is 0 Å². The zero-order chi connectivity index (χ0) is 25.2. The average molecular weight is 495 g/mol. The highest BCUT2D eigenvalue weighted by Crippen LogP contribution is 2.30. The number of imide groups is 1. The minimum Gasteiger partial charge on any atom is -0.322 e. The lowest BCUT2D eigenvalue weighted by atomic mass is 10.1. The Bertz CT molecular complexity index is 1460. The van der Waals surface area contributed by atoms with Gasteiger partial charge in [-0.15, -0.1) is 11.8 Å². The number of hydrogen-bond donors (Lipinski definition) is 1. The highest BCUT2D eigenvalue weighted by molar-refractivity contribution is 7.98. The number of fused-ring (bicyclic) bond motifs is 1. The number of thioether (sulfide) groups is 1. The van der Waals surface area contributed by atoms with Crippen molar-refractivity contribution in [1.82, 2.24) is 9.97 Å². The number of hydrogen-bond acceptors (Lipinski definition) is 6. The summed E-state index contributed by atoms with van der Waals surface area (Å²) in [4.78, 5) is 48.4. The van der Waals surface area contributed by atoms with Crippen LogP contribution < -0.4 is 10.2 Å². The smallest absolute Gasteiger partial charge is 0.267 e. The van der Waals surface area contributed by atoms with Crippen molar-refractivity contribution in [3.05, 3.63) is 113 Å². The normalized spacial score (nSPS) is 12.6. The fourth-order valence-electron chi connectivity index (χ4n) is 4.15. The standard InChI is InChI=1S/C28H22N4O3S/c1-17-12-18(2)14-20(13-17)31-25(33)23-8-5-10-30-26(23)36-16-19-9-11-29-24(15-19)32-27(34)21-6-3-4-7-22(21)28(32)35/h3-15H,16H2,1-2H3,(H,31,33). The van der Waals surface area contributed by atoms with E-state index in [1.807, 2.05) is 38.1 Å². The summed E-state index contributed by atoms with van der Waals surface area (Å²) in [6, 6.07) is 19.6. The lowest BCUT2D eigenvalue weighted by molar-refractivity contribution is 0.0923. The Hall–Kier alpha value is -4.30. The molecule has 0 radical (unpaired) electrons. The first-order valence-corrected chi connectivity index (χ1v) is 12.3. The Balaban J connectivity index is 1.33.